The number of nitrogens with one attached hydrogen (secondary N) is 2. The summed E-state index contributed by atoms with van der Waals surface area (Å²) in [5.41, 5.74) is 0.700. The summed E-state index contributed by atoms with van der Waals surface area (Å²) in [5.74, 6) is -1.70. The van der Waals surface area contributed by atoms with Gasteiger partial charge in [0.15, 0.2) is 0 Å². The molecule has 0 heterocycles. The summed E-state index contributed by atoms with van der Waals surface area (Å²) in [5, 5.41) is 14.0. The Morgan fingerprint density at radius 1 is 1.33 bits per heavy atom. The fourth-order valence-electron chi connectivity index (χ4n) is 1.74. The molecule has 21 heavy (non-hydrogen) atoms. The molecule has 7 heteroatoms. The molecule has 0 aliphatic heterocycles. The number of hydrogen-bond acceptors (Lipinski definition) is 4. The highest BCUT2D eigenvalue weighted by atomic mass is 16.5. The Balaban J connectivity index is 2.78. The molecule has 7 nitrogen and oxygen atoms in total. The van der Waals surface area contributed by atoms with Gasteiger partial charge in [0.05, 0.1) is 17.9 Å². The van der Waals surface area contributed by atoms with Crippen molar-refractivity contribution >= 4 is 23.7 Å². The van der Waals surface area contributed by atoms with Crippen LogP contribution in [0.15, 0.2) is 18.2 Å². The lowest BCUT2D eigenvalue weighted by Gasteiger charge is -2.15. The molecule has 0 bridgehead atoms. The molecule has 1 aromatic carbocycles. The molecule has 2 amide bonds. The normalized spacial score (nSPS) is 11.4. The van der Waals surface area contributed by atoms with Crippen LogP contribution >= 0.6 is 0 Å². The highest BCUT2D eigenvalue weighted by Gasteiger charge is 2.19. The second-order valence-electron chi connectivity index (χ2n) is 4.37. The molecule has 1 unspecified atom stereocenters. The van der Waals surface area contributed by atoms with Crippen molar-refractivity contribution in [2.24, 2.45) is 0 Å². The number of urea groups is 1. The largest absolute Gasteiger partial charge is 0.478 e. The van der Waals surface area contributed by atoms with Crippen LogP contribution in [0.4, 0.5) is 10.5 Å². The summed E-state index contributed by atoms with van der Waals surface area (Å²) in [7, 11) is 0. The average Bonchev–Trinajstić information content (AvgIpc) is 2.38. The first-order valence-corrected chi connectivity index (χ1v) is 6.43. The van der Waals surface area contributed by atoms with Crippen molar-refractivity contribution in [2.75, 3.05) is 11.9 Å². The van der Waals surface area contributed by atoms with Crippen LogP contribution in [0.1, 0.15) is 29.8 Å². The number of amides is 2. The third-order valence-electron chi connectivity index (χ3n) is 2.72. The van der Waals surface area contributed by atoms with Crippen molar-refractivity contribution in [3.05, 3.63) is 29.3 Å². The fourth-order valence-corrected chi connectivity index (χ4v) is 1.74. The number of rotatable bonds is 5. The average molecular weight is 294 g/mol. The van der Waals surface area contributed by atoms with Crippen LogP contribution in [0.3, 0.4) is 0 Å². The van der Waals surface area contributed by atoms with Crippen molar-refractivity contribution in [3.63, 3.8) is 0 Å². The fraction of sp³-hybridized carbons (Fsp3) is 0.357. The van der Waals surface area contributed by atoms with E-state index in [-0.39, 0.29) is 17.9 Å². The van der Waals surface area contributed by atoms with Crippen molar-refractivity contribution in [1.29, 1.82) is 0 Å². The smallest absolute Gasteiger partial charge is 0.338 e. The van der Waals surface area contributed by atoms with Crippen LogP contribution in [0, 0.1) is 6.92 Å². The quantitative estimate of drug-likeness (QED) is 0.718. The highest BCUT2D eigenvalue weighted by Crippen LogP contribution is 2.19. The van der Waals surface area contributed by atoms with Gasteiger partial charge in [-0.15, -0.1) is 0 Å². The van der Waals surface area contributed by atoms with Crippen LogP contribution in [-0.2, 0) is 9.53 Å². The molecule has 0 saturated carbocycles. The first kappa shape index (κ1) is 16.5. The third kappa shape index (κ3) is 4.48. The molecule has 3 N–H and O–H groups in total. The maximum Gasteiger partial charge on any atom is 0.338 e. The Hall–Kier alpha value is -2.57. The molecule has 0 aliphatic carbocycles. The van der Waals surface area contributed by atoms with E-state index < -0.39 is 24.0 Å². The predicted octanol–water partition coefficient (Wildman–Crippen LogP) is 1.77. The Morgan fingerprint density at radius 2 is 2.00 bits per heavy atom. The predicted molar refractivity (Wildman–Crippen MR) is 76.4 cm³/mol. The van der Waals surface area contributed by atoms with Gasteiger partial charge in [0.25, 0.3) is 0 Å². The number of carboxylic acid groups (broad SMARTS) is 1. The second kappa shape index (κ2) is 7.28. The molecular formula is C14H18N2O5. The summed E-state index contributed by atoms with van der Waals surface area (Å²) in [6.45, 7) is 4.99. The first-order valence-electron chi connectivity index (χ1n) is 6.43. The van der Waals surface area contributed by atoms with E-state index in [0.717, 1.165) is 0 Å². The van der Waals surface area contributed by atoms with Crippen molar-refractivity contribution in [3.8, 4) is 0 Å². The van der Waals surface area contributed by atoms with E-state index in [1.54, 1.807) is 26.0 Å². The molecule has 0 aromatic heterocycles. The van der Waals surface area contributed by atoms with Gasteiger partial charge in [0.2, 0.25) is 0 Å². The minimum absolute atomic E-state index is 0.0106. The van der Waals surface area contributed by atoms with Crippen LogP contribution in [0.5, 0.6) is 0 Å². The van der Waals surface area contributed by atoms with Gasteiger partial charge >= 0.3 is 18.0 Å². The third-order valence-corrected chi connectivity index (χ3v) is 2.72. The van der Waals surface area contributed by atoms with Gasteiger partial charge in [-0.05, 0) is 32.4 Å². The maximum absolute atomic E-state index is 11.8. The second-order valence-corrected chi connectivity index (χ2v) is 4.37. The van der Waals surface area contributed by atoms with Gasteiger partial charge in [-0.2, -0.15) is 0 Å². The zero-order chi connectivity index (χ0) is 16.0. The molecule has 114 valence electrons. The molecule has 0 spiro atoms. The topological polar surface area (TPSA) is 105 Å². The molecule has 0 radical (unpaired) electrons. The highest BCUT2D eigenvalue weighted by molar-refractivity contribution is 6.01. The van der Waals surface area contributed by atoms with Crippen molar-refractivity contribution in [1.82, 2.24) is 5.32 Å². The summed E-state index contributed by atoms with van der Waals surface area (Å²) in [6.07, 6.45) is 0. The van der Waals surface area contributed by atoms with Crippen molar-refractivity contribution < 1.29 is 24.2 Å². The zero-order valence-electron chi connectivity index (χ0n) is 12.1. The van der Waals surface area contributed by atoms with E-state index in [9.17, 15) is 14.4 Å². The number of ether oxygens (including phenoxy) is 1. The van der Waals surface area contributed by atoms with Gasteiger partial charge in [-0.25, -0.2) is 14.4 Å². The van der Waals surface area contributed by atoms with E-state index in [1.807, 2.05) is 0 Å². The van der Waals surface area contributed by atoms with Crippen LogP contribution in [0.2, 0.25) is 0 Å². The Morgan fingerprint density at radius 3 is 2.57 bits per heavy atom. The number of aromatic carboxylic acids is 1. The molecule has 1 atom stereocenters. The Kier molecular flexibility index (Phi) is 5.71. The Bertz CT molecular complexity index is 556. The number of benzene rings is 1. The summed E-state index contributed by atoms with van der Waals surface area (Å²) >= 11 is 0. The minimum Gasteiger partial charge on any atom is -0.478 e. The number of anilines is 1. The lowest BCUT2D eigenvalue weighted by molar-refractivity contribution is -0.144. The van der Waals surface area contributed by atoms with Crippen LogP contribution in [-0.4, -0.2) is 35.7 Å². The van der Waals surface area contributed by atoms with Crippen LogP contribution < -0.4 is 10.6 Å². The molecule has 1 aromatic rings. The molecule has 0 aliphatic rings. The molecule has 0 saturated heterocycles. The first-order chi connectivity index (χ1) is 9.86. The van der Waals surface area contributed by atoms with E-state index in [2.05, 4.69) is 10.6 Å². The standard InChI is InChI=1S/C14H18N2O5/c1-4-21-13(19)9(3)15-14(20)16-10-7-5-6-8(2)11(10)12(17)18/h5-7,9H,4H2,1-3H3,(H,17,18)(H2,15,16,20). The van der Waals surface area contributed by atoms with Gasteiger partial charge < -0.3 is 20.5 Å². The monoisotopic (exact) mass is 294 g/mol. The molecule has 1 rings (SSSR count). The van der Waals surface area contributed by atoms with E-state index in [1.165, 1.54) is 13.0 Å². The summed E-state index contributed by atoms with van der Waals surface area (Å²) in [4.78, 5) is 34.4. The number of aryl methyl sites for hydroxylation is 1. The lowest BCUT2D eigenvalue weighted by atomic mass is 10.1. The van der Waals surface area contributed by atoms with E-state index >= 15 is 0 Å². The maximum atomic E-state index is 11.8. The van der Waals surface area contributed by atoms with E-state index in [0.29, 0.717) is 5.56 Å². The number of carbonyl (C=O) groups excluding carboxylic acids is 2. The van der Waals surface area contributed by atoms with E-state index in [4.69, 9.17) is 9.84 Å². The van der Waals surface area contributed by atoms with Gasteiger partial charge in [-0.3, -0.25) is 0 Å². The molecule has 0 fully saturated rings. The minimum atomic E-state index is -1.14. The number of carboxylic acids is 1. The number of hydrogen-bond donors (Lipinski definition) is 3. The lowest BCUT2D eigenvalue weighted by Crippen LogP contribution is -2.42. The number of esters is 1. The van der Waals surface area contributed by atoms with Gasteiger partial charge in [0, 0.05) is 0 Å². The molecular weight excluding hydrogens is 276 g/mol. The van der Waals surface area contributed by atoms with Crippen LogP contribution in [0.25, 0.3) is 0 Å². The summed E-state index contributed by atoms with van der Waals surface area (Å²) < 4.78 is 4.76. The zero-order valence-corrected chi connectivity index (χ0v) is 12.1. The van der Waals surface area contributed by atoms with Gasteiger partial charge in [-0.1, -0.05) is 12.1 Å². The van der Waals surface area contributed by atoms with Gasteiger partial charge in [0.1, 0.15) is 6.04 Å². The summed E-state index contributed by atoms with van der Waals surface area (Å²) in [6, 6.07) is 3.23. The SMILES string of the molecule is CCOC(=O)C(C)NC(=O)Nc1cccc(C)c1C(=O)O. The Labute approximate surface area is 122 Å². The van der Waals surface area contributed by atoms with Crippen molar-refractivity contribution in [2.45, 2.75) is 26.8 Å². The number of carbonyl (C=O) groups is 3.